The SMILES string of the molecule is CN(CCC(N)c1ccc(F)cn1)c1ccccc1F. The van der Waals surface area contributed by atoms with Crippen LogP contribution in [0.15, 0.2) is 42.6 Å². The molecular formula is C15H17F2N3. The minimum absolute atomic E-state index is 0.261. The fraction of sp³-hybridized carbons (Fsp3) is 0.267. The van der Waals surface area contributed by atoms with E-state index in [4.69, 9.17) is 5.73 Å². The van der Waals surface area contributed by atoms with Gasteiger partial charge in [0.1, 0.15) is 11.6 Å². The summed E-state index contributed by atoms with van der Waals surface area (Å²) in [7, 11) is 1.81. The van der Waals surface area contributed by atoms with Gasteiger partial charge >= 0.3 is 0 Å². The molecule has 5 heteroatoms. The number of benzene rings is 1. The molecule has 1 atom stereocenters. The fourth-order valence-corrected chi connectivity index (χ4v) is 1.97. The molecule has 0 bridgehead atoms. The number of hydrogen-bond donors (Lipinski definition) is 1. The zero-order chi connectivity index (χ0) is 14.5. The third kappa shape index (κ3) is 3.51. The van der Waals surface area contributed by atoms with E-state index in [2.05, 4.69) is 4.98 Å². The molecule has 0 aliphatic heterocycles. The largest absolute Gasteiger partial charge is 0.372 e. The molecule has 3 nitrogen and oxygen atoms in total. The number of nitrogens with zero attached hydrogens (tertiary/aromatic N) is 2. The summed E-state index contributed by atoms with van der Waals surface area (Å²) in [5.74, 6) is -0.645. The number of anilines is 1. The van der Waals surface area contributed by atoms with Crippen molar-refractivity contribution < 1.29 is 8.78 Å². The molecule has 0 spiro atoms. The Morgan fingerprint density at radius 2 is 1.95 bits per heavy atom. The fourth-order valence-electron chi connectivity index (χ4n) is 1.97. The van der Waals surface area contributed by atoms with E-state index in [1.165, 1.54) is 12.1 Å². The van der Waals surface area contributed by atoms with Crippen LogP contribution in [-0.4, -0.2) is 18.6 Å². The summed E-state index contributed by atoms with van der Waals surface area (Å²) in [4.78, 5) is 5.76. The minimum Gasteiger partial charge on any atom is -0.372 e. The van der Waals surface area contributed by atoms with Crippen LogP contribution < -0.4 is 10.6 Å². The number of nitrogens with two attached hydrogens (primary N) is 1. The molecule has 1 aromatic carbocycles. The van der Waals surface area contributed by atoms with Gasteiger partial charge in [-0.3, -0.25) is 4.98 Å². The minimum atomic E-state index is -0.385. The lowest BCUT2D eigenvalue weighted by Gasteiger charge is -2.21. The lowest BCUT2D eigenvalue weighted by atomic mass is 10.1. The van der Waals surface area contributed by atoms with Crippen molar-refractivity contribution in [2.75, 3.05) is 18.5 Å². The van der Waals surface area contributed by atoms with Crippen LogP contribution in [0.4, 0.5) is 14.5 Å². The number of hydrogen-bond acceptors (Lipinski definition) is 3. The molecule has 0 amide bonds. The second kappa shape index (κ2) is 6.43. The Hall–Kier alpha value is -2.01. The third-order valence-corrected chi connectivity index (χ3v) is 3.17. The Labute approximate surface area is 117 Å². The van der Waals surface area contributed by atoms with Gasteiger partial charge < -0.3 is 10.6 Å². The van der Waals surface area contributed by atoms with E-state index in [9.17, 15) is 8.78 Å². The molecule has 0 radical (unpaired) electrons. The van der Waals surface area contributed by atoms with E-state index < -0.39 is 0 Å². The van der Waals surface area contributed by atoms with Crippen molar-refractivity contribution in [3.63, 3.8) is 0 Å². The summed E-state index contributed by atoms with van der Waals surface area (Å²) in [5.41, 5.74) is 7.17. The summed E-state index contributed by atoms with van der Waals surface area (Å²) in [6, 6.07) is 9.19. The predicted molar refractivity (Wildman–Crippen MR) is 75.4 cm³/mol. The number of rotatable bonds is 5. The highest BCUT2D eigenvalue weighted by atomic mass is 19.1. The van der Waals surface area contributed by atoms with E-state index in [1.54, 1.807) is 29.2 Å². The normalized spacial score (nSPS) is 12.2. The summed E-state index contributed by atoms with van der Waals surface area (Å²) in [5, 5.41) is 0. The molecule has 1 heterocycles. The van der Waals surface area contributed by atoms with Crippen molar-refractivity contribution >= 4 is 5.69 Å². The Morgan fingerprint density at radius 1 is 1.20 bits per heavy atom. The topological polar surface area (TPSA) is 42.1 Å². The van der Waals surface area contributed by atoms with E-state index in [1.807, 2.05) is 7.05 Å². The van der Waals surface area contributed by atoms with Gasteiger partial charge in [-0.25, -0.2) is 8.78 Å². The van der Waals surface area contributed by atoms with Crippen molar-refractivity contribution in [1.29, 1.82) is 0 Å². The molecule has 0 fully saturated rings. The van der Waals surface area contributed by atoms with Crippen molar-refractivity contribution in [3.05, 3.63) is 59.9 Å². The zero-order valence-corrected chi connectivity index (χ0v) is 11.3. The van der Waals surface area contributed by atoms with Gasteiger partial charge in [0.25, 0.3) is 0 Å². The smallest absolute Gasteiger partial charge is 0.146 e. The maximum atomic E-state index is 13.6. The van der Waals surface area contributed by atoms with Crippen LogP contribution in [0, 0.1) is 11.6 Å². The Morgan fingerprint density at radius 3 is 2.60 bits per heavy atom. The van der Waals surface area contributed by atoms with Gasteiger partial charge in [-0.2, -0.15) is 0 Å². The average molecular weight is 277 g/mol. The number of pyridine rings is 1. The van der Waals surface area contributed by atoms with Crippen molar-refractivity contribution in [2.45, 2.75) is 12.5 Å². The van der Waals surface area contributed by atoms with Gasteiger partial charge in [-0.05, 0) is 30.7 Å². The quantitative estimate of drug-likeness (QED) is 0.913. The van der Waals surface area contributed by atoms with Gasteiger partial charge in [-0.15, -0.1) is 0 Å². The Balaban J connectivity index is 1.95. The first-order valence-corrected chi connectivity index (χ1v) is 6.40. The molecule has 2 N–H and O–H groups in total. The Bertz CT molecular complexity index is 557. The van der Waals surface area contributed by atoms with Crippen LogP contribution in [0.1, 0.15) is 18.2 Å². The number of halogens is 2. The van der Waals surface area contributed by atoms with E-state index in [-0.39, 0.29) is 17.7 Å². The molecule has 1 unspecified atom stereocenters. The molecule has 1 aromatic heterocycles. The van der Waals surface area contributed by atoms with Crippen LogP contribution >= 0.6 is 0 Å². The van der Waals surface area contributed by atoms with Crippen molar-refractivity contribution in [2.24, 2.45) is 5.73 Å². The van der Waals surface area contributed by atoms with Gasteiger partial charge in [0.15, 0.2) is 0 Å². The van der Waals surface area contributed by atoms with Gasteiger partial charge in [0.2, 0.25) is 0 Å². The van der Waals surface area contributed by atoms with Crippen molar-refractivity contribution in [3.8, 4) is 0 Å². The molecular weight excluding hydrogens is 260 g/mol. The summed E-state index contributed by atoms with van der Waals surface area (Å²) in [6.07, 6.45) is 1.75. The molecule has 106 valence electrons. The molecule has 0 aliphatic carbocycles. The second-order valence-electron chi connectivity index (χ2n) is 4.67. The van der Waals surface area contributed by atoms with Gasteiger partial charge in [-0.1, -0.05) is 12.1 Å². The molecule has 0 saturated heterocycles. The second-order valence-corrected chi connectivity index (χ2v) is 4.67. The zero-order valence-electron chi connectivity index (χ0n) is 11.3. The predicted octanol–water partition coefficient (Wildman–Crippen LogP) is 2.89. The first-order valence-electron chi connectivity index (χ1n) is 6.40. The highest BCUT2D eigenvalue weighted by molar-refractivity contribution is 5.46. The molecule has 0 aliphatic rings. The summed E-state index contributed by atoms with van der Waals surface area (Å²) < 4.78 is 26.4. The van der Waals surface area contributed by atoms with Crippen LogP contribution in [0.2, 0.25) is 0 Å². The Kier molecular flexibility index (Phi) is 4.63. The highest BCUT2D eigenvalue weighted by Gasteiger charge is 2.11. The third-order valence-electron chi connectivity index (χ3n) is 3.17. The maximum Gasteiger partial charge on any atom is 0.146 e. The first kappa shape index (κ1) is 14.4. The van der Waals surface area contributed by atoms with Gasteiger partial charge in [0.05, 0.1) is 17.6 Å². The lowest BCUT2D eigenvalue weighted by Crippen LogP contribution is -2.24. The standard InChI is InChI=1S/C15H17F2N3/c1-20(15-5-3-2-4-12(15)17)9-8-13(18)14-7-6-11(16)10-19-14/h2-7,10,13H,8-9,18H2,1H3. The van der Waals surface area contributed by atoms with Gasteiger partial charge in [0, 0.05) is 19.6 Å². The summed E-state index contributed by atoms with van der Waals surface area (Å²) >= 11 is 0. The van der Waals surface area contributed by atoms with Crippen LogP contribution in [0.5, 0.6) is 0 Å². The van der Waals surface area contributed by atoms with E-state index in [0.29, 0.717) is 24.3 Å². The van der Waals surface area contributed by atoms with Crippen LogP contribution in [0.3, 0.4) is 0 Å². The van der Waals surface area contributed by atoms with Crippen LogP contribution in [-0.2, 0) is 0 Å². The summed E-state index contributed by atoms with van der Waals surface area (Å²) in [6.45, 7) is 0.584. The molecule has 2 rings (SSSR count). The monoisotopic (exact) mass is 277 g/mol. The van der Waals surface area contributed by atoms with Crippen LogP contribution in [0.25, 0.3) is 0 Å². The molecule has 20 heavy (non-hydrogen) atoms. The molecule has 2 aromatic rings. The number of aromatic nitrogens is 1. The van der Waals surface area contributed by atoms with E-state index >= 15 is 0 Å². The number of para-hydroxylation sites is 1. The molecule has 0 saturated carbocycles. The first-order chi connectivity index (χ1) is 9.58. The van der Waals surface area contributed by atoms with Crippen molar-refractivity contribution in [1.82, 2.24) is 4.98 Å². The van der Waals surface area contributed by atoms with E-state index in [0.717, 1.165) is 6.20 Å². The highest BCUT2D eigenvalue weighted by Crippen LogP contribution is 2.19. The lowest BCUT2D eigenvalue weighted by molar-refractivity contribution is 0.592. The average Bonchev–Trinajstić information content (AvgIpc) is 2.45. The maximum absolute atomic E-state index is 13.6.